The van der Waals surface area contributed by atoms with Crippen molar-refractivity contribution in [3.63, 3.8) is 0 Å². The predicted molar refractivity (Wildman–Crippen MR) is 97.3 cm³/mol. The van der Waals surface area contributed by atoms with Gasteiger partial charge < -0.3 is 10.8 Å². The summed E-state index contributed by atoms with van der Waals surface area (Å²) in [5.41, 5.74) is 7.41. The third-order valence-corrected chi connectivity index (χ3v) is 5.33. The minimum absolute atomic E-state index is 0.00135. The number of nitrogens with two attached hydrogens (primary N) is 1. The van der Waals surface area contributed by atoms with Crippen molar-refractivity contribution in [2.45, 2.75) is 11.8 Å². The SMILES string of the molecule is Cc1cc(S(=O)(=O)Nc2cccc(C(=O)O)c2)c2ccccc2c1N. The lowest BCUT2D eigenvalue weighted by Crippen LogP contribution is -2.14. The summed E-state index contributed by atoms with van der Waals surface area (Å²) in [5, 5.41) is 10.2. The highest BCUT2D eigenvalue weighted by molar-refractivity contribution is 7.93. The first-order chi connectivity index (χ1) is 11.8. The molecule has 0 unspecified atom stereocenters. The quantitative estimate of drug-likeness (QED) is 0.622. The van der Waals surface area contributed by atoms with Crippen LogP contribution in [0.4, 0.5) is 11.4 Å². The number of sulfonamides is 1. The molecule has 0 saturated heterocycles. The summed E-state index contributed by atoms with van der Waals surface area (Å²) in [6.45, 7) is 1.74. The van der Waals surface area contributed by atoms with Crippen LogP contribution in [-0.4, -0.2) is 19.5 Å². The number of nitrogen functional groups attached to an aromatic ring is 1. The van der Waals surface area contributed by atoms with Crippen LogP contribution in [0.25, 0.3) is 10.8 Å². The number of carboxylic acid groups (broad SMARTS) is 1. The molecule has 0 heterocycles. The summed E-state index contributed by atoms with van der Waals surface area (Å²) in [6.07, 6.45) is 0. The van der Waals surface area contributed by atoms with Crippen LogP contribution >= 0.6 is 0 Å². The molecule has 128 valence electrons. The first-order valence-electron chi connectivity index (χ1n) is 7.43. The van der Waals surface area contributed by atoms with Crippen LogP contribution in [0.5, 0.6) is 0 Å². The van der Waals surface area contributed by atoms with Crippen molar-refractivity contribution < 1.29 is 18.3 Å². The van der Waals surface area contributed by atoms with E-state index in [9.17, 15) is 13.2 Å². The molecular weight excluding hydrogens is 340 g/mol. The Kier molecular flexibility index (Phi) is 4.10. The predicted octanol–water partition coefficient (Wildman–Crippen LogP) is 3.23. The molecule has 0 radical (unpaired) electrons. The first-order valence-corrected chi connectivity index (χ1v) is 8.92. The Bertz CT molecular complexity index is 1090. The minimum Gasteiger partial charge on any atom is -0.478 e. The Morgan fingerprint density at radius 3 is 2.40 bits per heavy atom. The maximum Gasteiger partial charge on any atom is 0.335 e. The smallest absolute Gasteiger partial charge is 0.335 e. The van der Waals surface area contributed by atoms with Crippen LogP contribution in [0.3, 0.4) is 0 Å². The van der Waals surface area contributed by atoms with Gasteiger partial charge in [-0.25, -0.2) is 13.2 Å². The van der Waals surface area contributed by atoms with Crippen LogP contribution < -0.4 is 10.5 Å². The van der Waals surface area contributed by atoms with Gasteiger partial charge in [0.25, 0.3) is 10.0 Å². The Labute approximate surface area is 145 Å². The second-order valence-corrected chi connectivity index (χ2v) is 7.29. The summed E-state index contributed by atoms with van der Waals surface area (Å²) < 4.78 is 28.2. The highest BCUT2D eigenvalue weighted by Gasteiger charge is 2.20. The van der Waals surface area contributed by atoms with Crippen molar-refractivity contribution >= 4 is 38.1 Å². The number of carboxylic acids is 1. The normalized spacial score (nSPS) is 11.4. The molecule has 0 aliphatic rings. The van der Waals surface area contributed by atoms with Gasteiger partial charge in [0, 0.05) is 22.1 Å². The molecular formula is C18H16N2O4S. The van der Waals surface area contributed by atoms with Crippen molar-refractivity contribution in [1.29, 1.82) is 0 Å². The summed E-state index contributed by atoms with van der Waals surface area (Å²) >= 11 is 0. The Morgan fingerprint density at radius 2 is 1.72 bits per heavy atom. The van der Waals surface area contributed by atoms with E-state index in [1.54, 1.807) is 31.2 Å². The van der Waals surface area contributed by atoms with Gasteiger partial charge >= 0.3 is 5.97 Å². The van der Waals surface area contributed by atoms with Crippen molar-refractivity contribution in [3.8, 4) is 0 Å². The van der Waals surface area contributed by atoms with E-state index < -0.39 is 16.0 Å². The number of hydrogen-bond donors (Lipinski definition) is 3. The lowest BCUT2D eigenvalue weighted by atomic mass is 10.1. The second-order valence-electron chi connectivity index (χ2n) is 5.64. The lowest BCUT2D eigenvalue weighted by Gasteiger charge is -2.14. The zero-order valence-corrected chi connectivity index (χ0v) is 14.2. The van der Waals surface area contributed by atoms with Gasteiger partial charge in [-0.1, -0.05) is 30.3 Å². The van der Waals surface area contributed by atoms with Gasteiger partial charge in [-0.05, 0) is 36.8 Å². The molecule has 0 atom stereocenters. The van der Waals surface area contributed by atoms with Gasteiger partial charge in [-0.15, -0.1) is 0 Å². The first kappa shape index (κ1) is 16.8. The molecule has 0 amide bonds. The topological polar surface area (TPSA) is 109 Å². The van der Waals surface area contributed by atoms with Gasteiger partial charge in [0.15, 0.2) is 0 Å². The van der Waals surface area contributed by atoms with E-state index in [1.165, 1.54) is 30.3 Å². The van der Waals surface area contributed by atoms with Crippen LogP contribution in [0.15, 0.2) is 59.5 Å². The molecule has 0 fully saturated rings. The van der Waals surface area contributed by atoms with E-state index >= 15 is 0 Å². The maximum atomic E-state index is 12.9. The van der Waals surface area contributed by atoms with E-state index in [4.69, 9.17) is 10.8 Å². The van der Waals surface area contributed by atoms with Crippen molar-refractivity contribution in [2.24, 2.45) is 0 Å². The molecule has 0 saturated carbocycles. The Hall–Kier alpha value is -3.06. The monoisotopic (exact) mass is 356 g/mol. The molecule has 0 aliphatic carbocycles. The number of rotatable bonds is 4. The lowest BCUT2D eigenvalue weighted by molar-refractivity contribution is 0.0697. The van der Waals surface area contributed by atoms with E-state index in [-0.39, 0.29) is 16.1 Å². The number of nitrogens with one attached hydrogen (secondary N) is 1. The van der Waals surface area contributed by atoms with Gasteiger partial charge in [0.1, 0.15) is 0 Å². The van der Waals surface area contributed by atoms with Gasteiger partial charge in [0.2, 0.25) is 0 Å². The number of fused-ring (bicyclic) bond motifs is 1. The average Bonchev–Trinajstić information content (AvgIpc) is 2.58. The number of benzene rings is 3. The number of hydrogen-bond acceptors (Lipinski definition) is 4. The highest BCUT2D eigenvalue weighted by atomic mass is 32.2. The van der Waals surface area contributed by atoms with E-state index in [0.717, 1.165) is 0 Å². The fourth-order valence-electron chi connectivity index (χ4n) is 2.65. The van der Waals surface area contributed by atoms with E-state index in [1.807, 2.05) is 0 Å². The molecule has 0 spiro atoms. The van der Waals surface area contributed by atoms with E-state index in [2.05, 4.69) is 4.72 Å². The minimum atomic E-state index is -3.92. The molecule has 3 aromatic rings. The van der Waals surface area contributed by atoms with Crippen molar-refractivity contribution in [3.05, 3.63) is 65.7 Å². The van der Waals surface area contributed by atoms with Gasteiger partial charge in [-0.3, -0.25) is 4.72 Å². The molecule has 3 aromatic carbocycles. The molecule has 7 heteroatoms. The zero-order chi connectivity index (χ0) is 18.2. The van der Waals surface area contributed by atoms with Crippen LogP contribution in [0, 0.1) is 6.92 Å². The molecule has 0 aromatic heterocycles. The number of carbonyl (C=O) groups is 1. The number of aryl methyl sites for hydroxylation is 1. The van der Waals surface area contributed by atoms with Crippen molar-refractivity contribution in [1.82, 2.24) is 0 Å². The Balaban J connectivity index is 2.13. The largest absolute Gasteiger partial charge is 0.478 e. The maximum absolute atomic E-state index is 12.9. The Morgan fingerprint density at radius 1 is 1.04 bits per heavy atom. The van der Waals surface area contributed by atoms with Gasteiger partial charge in [0.05, 0.1) is 10.5 Å². The molecule has 0 bridgehead atoms. The zero-order valence-electron chi connectivity index (χ0n) is 13.4. The fourth-order valence-corrected chi connectivity index (χ4v) is 3.99. The van der Waals surface area contributed by atoms with Crippen LogP contribution in [0.1, 0.15) is 15.9 Å². The van der Waals surface area contributed by atoms with E-state index in [0.29, 0.717) is 22.0 Å². The molecule has 3 rings (SSSR count). The number of anilines is 2. The molecule has 0 aliphatic heterocycles. The van der Waals surface area contributed by atoms with Crippen LogP contribution in [0.2, 0.25) is 0 Å². The van der Waals surface area contributed by atoms with Gasteiger partial charge in [-0.2, -0.15) is 0 Å². The third-order valence-electron chi connectivity index (χ3n) is 3.91. The second kappa shape index (κ2) is 6.10. The standard InChI is InChI=1S/C18H16N2O4S/c1-11-9-16(14-7-2-3-8-15(14)17(11)19)25(23,24)20-13-6-4-5-12(10-13)18(21)22/h2-10,20H,19H2,1H3,(H,21,22). The van der Waals surface area contributed by atoms with Crippen molar-refractivity contribution in [2.75, 3.05) is 10.5 Å². The summed E-state index contributed by atoms with van der Waals surface area (Å²) in [7, 11) is -3.92. The summed E-state index contributed by atoms with van der Waals surface area (Å²) in [5.74, 6) is -1.13. The molecule has 4 N–H and O–H groups in total. The third kappa shape index (κ3) is 3.14. The summed E-state index contributed by atoms with van der Waals surface area (Å²) in [6, 6.07) is 14.1. The average molecular weight is 356 g/mol. The number of aromatic carboxylic acids is 1. The van der Waals surface area contributed by atoms with Crippen LogP contribution in [-0.2, 0) is 10.0 Å². The molecule has 25 heavy (non-hydrogen) atoms. The fraction of sp³-hybridized carbons (Fsp3) is 0.0556. The highest BCUT2D eigenvalue weighted by Crippen LogP contribution is 2.31. The molecule has 6 nitrogen and oxygen atoms in total. The summed E-state index contributed by atoms with van der Waals surface area (Å²) in [4.78, 5) is 11.1.